The Hall–Kier alpha value is -6.10. The zero-order valence-corrected chi connectivity index (χ0v) is 26.1. The molecule has 0 aromatic heterocycles. The van der Waals surface area contributed by atoms with Crippen molar-refractivity contribution < 1.29 is 33.3 Å². The van der Waals surface area contributed by atoms with Crippen LogP contribution in [0.5, 0.6) is 23.0 Å². The molecule has 0 saturated carbocycles. The first-order chi connectivity index (χ1) is 22.2. The summed E-state index contributed by atoms with van der Waals surface area (Å²) >= 11 is 0. The number of para-hydroxylation sites is 1. The average Bonchev–Trinajstić information content (AvgIpc) is 3.08. The molecule has 4 rings (SSSR count). The van der Waals surface area contributed by atoms with Crippen LogP contribution < -0.4 is 34.6 Å². The molecule has 4 aromatic carbocycles. The van der Waals surface area contributed by atoms with Crippen LogP contribution in [-0.2, 0) is 4.79 Å². The highest BCUT2D eigenvalue weighted by atomic mass is 16.5. The van der Waals surface area contributed by atoms with Crippen LogP contribution >= 0.6 is 0 Å². The van der Waals surface area contributed by atoms with Gasteiger partial charge in [-0.25, -0.2) is 10.2 Å². The molecule has 0 atom stereocenters. The van der Waals surface area contributed by atoms with Crippen molar-refractivity contribution in [3.05, 3.63) is 119 Å². The summed E-state index contributed by atoms with van der Waals surface area (Å²) in [7, 11) is 8.20. The monoisotopic (exact) mass is 622 g/mol. The predicted molar refractivity (Wildman–Crippen MR) is 176 cm³/mol. The third-order valence-electron chi connectivity index (χ3n) is 6.64. The number of anilines is 1. The van der Waals surface area contributed by atoms with E-state index in [1.165, 1.54) is 39.7 Å². The van der Waals surface area contributed by atoms with Gasteiger partial charge in [0.2, 0.25) is 5.75 Å². The van der Waals surface area contributed by atoms with Gasteiger partial charge in [-0.1, -0.05) is 42.5 Å². The van der Waals surface area contributed by atoms with Crippen molar-refractivity contribution in [2.75, 3.05) is 40.3 Å². The quantitative estimate of drug-likeness (QED) is 0.0750. The summed E-state index contributed by atoms with van der Waals surface area (Å²) in [4.78, 5) is 41.2. The van der Waals surface area contributed by atoms with E-state index in [0.717, 1.165) is 5.69 Å². The lowest BCUT2D eigenvalue weighted by atomic mass is 10.1. The smallest absolute Gasteiger partial charge is 0.343 e. The second-order valence-electron chi connectivity index (χ2n) is 9.90. The number of carbonyl (C=O) groups excluding carboxylic acids is 3. The number of rotatable bonds is 12. The van der Waals surface area contributed by atoms with Gasteiger partial charge in [-0.2, -0.15) is 5.10 Å². The minimum atomic E-state index is -0.682. The largest absolute Gasteiger partial charge is 0.493 e. The van der Waals surface area contributed by atoms with Crippen molar-refractivity contribution in [2.24, 2.45) is 5.10 Å². The Morgan fingerprint density at radius 2 is 1.37 bits per heavy atom. The van der Waals surface area contributed by atoms with Gasteiger partial charge < -0.3 is 29.2 Å². The Kier molecular flexibility index (Phi) is 11.1. The Morgan fingerprint density at radius 1 is 0.739 bits per heavy atom. The van der Waals surface area contributed by atoms with Gasteiger partial charge >= 0.3 is 5.97 Å². The average molecular weight is 623 g/mol. The molecular weight excluding hydrogens is 588 g/mol. The molecule has 11 nitrogen and oxygen atoms in total. The molecule has 11 heteroatoms. The van der Waals surface area contributed by atoms with E-state index < -0.39 is 17.8 Å². The molecule has 0 heterocycles. The number of methoxy groups -OCH3 is 3. The minimum absolute atomic E-state index is 0.0225. The van der Waals surface area contributed by atoms with Gasteiger partial charge in [-0.15, -0.1) is 0 Å². The summed E-state index contributed by atoms with van der Waals surface area (Å²) in [6.45, 7) is 0. The fourth-order valence-electron chi connectivity index (χ4n) is 4.24. The zero-order valence-electron chi connectivity index (χ0n) is 26.1. The van der Waals surface area contributed by atoms with Crippen LogP contribution in [0.25, 0.3) is 6.08 Å². The lowest BCUT2D eigenvalue weighted by molar-refractivity contribution is -0.117. The fourth-order valence-corrected chi connectivity index (χ4v) is 4.24. The van der Waals surface area contributed by atoms with Gasteiger partial charge in [0.1, 0.15) is 11.4 Å². The number of ether oxygens (including phenoxy) is 4. The molecule has 4 aromatic rings. The second kappa shape index (κ2) is 15.6. The highest BCUT2D eigenvalue weighted by molar-refractivity contribution is 6.05. The van der Waals surface area contributed by atoms with Gasteiger partial charge in [0.05, 0.1) is 33.1 Å². The summed E-state index contributed by atoms with van der Waals surface area (Å²) in [5.41, 5.74) is 5.04. The molecule has 0 aliphatic carbocycles. The maximum Gasteiger partial charge on any atom is 0.343 e. The molecule has 0 unspecified atom stereocenters. The van der Waals surface area contributed by atoms with Gasteiger partial charge in [-0.3, -0.25) is 9.59 Å². The molecule has 236 valence electrons. The van der Waals surface area contributed by atoms with Gasteiger partial charge in [0.25, 0.3) is 11.8 Å². The first-order valence-corrected chi connectivity index (χ1v) is 14.0. The van der Waals surface area contributed by atoms with E-state index in [0.29, 0.717) is 33.9 Å². The lowest BCUT2D eigenvalue weighted by Crippen LogP contribution is -2.32. The maximum absolute atomic E-state index is 13.3. The van der Waals surface area contributed by atoms with Crippen molar-refractivity contribution in [2.45, 2.75) is 0 Å². The van der Waals surface area contributed by atoms with Crippen molar-refractivity contribution >= 4 is 35.8 Å². The van der Waals surface area contributed by atoms with Crippen molar-refractivity contribution in [1.82, 2.24) is 10.7 Å². The summed E-state index contributed by atoms with van der Waals surface area (Å²) in [5.74, 6) is -0.689. The number of amides is 2. The van der Waals surface area contributed by atoms with E-state index >= 15 is 0 Å². The molecule has 46 heavy (non-hydrogen) atoms. The first kappa shape index (κ1) is 32.8. The molecule has 2 N–H and O–H groups in total. The molecule has 0 aliphatic heterocycles. The number of nitrogens with zero attached hydrogens (tertiary/aromatic N) is 2. The van der Waals surface area contributed by atoms with Gasteiger partial charge in [0.15, 0.2) is 11.5 Å². The van der Waals surface area contributed by atoms with E-state index in [1.54, 1.807) is 60.7 Å². The highest BCUT2D eigenvalue weighted by Crippen LogP contribution is 2.38. The van der Waals surface area contributed by atoms with Crippen molar-refractivity contribution in [3.63, 3.8) is 0 Å². The third-order valence-corrected chi connectivity index (χ3v) is 6.64. The Balaban J connectivity index is 1.54. The van der Waals surface area contributed by atoms with Crippen LogP contribution in [0.3, 0.4) is 0 Å². The predicted octanol–water partition coefficient (Wildman–Crippen LogP) is 4.92. The molecule has 0 radical (unpaired) electrons. The number of nitrogens with one attached hydrogen (secondary N) is 2. The number of hydrazone groups is 1. The SMILES string of the molecule is COc1cc(C(=O)Oc2ccccc2/C=N\NC(=O)/C(=C/c2ccc(N(C)C)cc2)NC(=O)c2ccccc2)cc(OC)c1OC. The third kappa shape index (κ3) is 8.29. The second-order valence-corrected chi connectivity index (χ2v) is 9.90. The lowest BCUT2D eigenvalue weighted by Gasteiger charge is -2.14. The number of benzene rings is 4. The van der Waals surface area contributed by atoms with Crippen LogP contribution in [0, 0.1) is 0 Å². The molecule has 0 saturated heterocycles. The maximum atomic E-state index is 13.3. The fraction of sp³-hybridized carbons (Fsp3) is 0.143. The number of carbonyl (C=O) groups is 3. The summed E-state index contributed by atoms with van der Waals surface area (Å²) < 4.78 is 21.6. The van der Waals surface area contributed by atoms with Crippen molar-refractivity contribution in [1.29, 1.82) is 0 Å². The first-order valence-electron chi connectivity index (χ1n) is 14.0. The van der Waals surface area contributed by atoms with Crippen LogP contribution in [0.1, 0.15) is 31.8 Å². The van der Waals surface area contributed by atoms with Crippen molar-refractivity contribution in [3.8, 4) is 23.0 Å². The molecule has 0 fully saturated rings. The minimum Gasteiger partial charge on any atom is -0.493 e. The van der Waals surface area contributed by atoms with Crippen LogP contribution in [-0.4, -0.2) is 59.4 Å². The summed E-state index contributed by atoms with van der Waals surface area (Å²) in [5, 5.41) is 6.75. The molecule has 0 aliphatic rings. The number of esters is 1. The standard InChI is InChI=1S/C35H34N4O7/c1-39(2)27-17-15-23(16-18-27)19-28(37-33(40)24-11-7-6-8-12-24)34(41)38-36-22-25-13-9-10-14-29(25)46-35(42)26-20-30(43-3)32(45-5)31(21-26)44-4/h6-22H,1-5H3,(H,37,40)(H,38,41)/b28-19-,36-22-. The van der Waals surface area contributed by atoms with Gasteiger partial charge in [-0.05, 0) is 60.2 Å². The summed E-state index contributed by atoms with van der Waals surface area (Å²) in [6.07, 6.45) is 2.89. The molecular formula is C35H34N4O7. The number of hydrogen-bond acceptors (Lipinski definition) is 9. The van der Waals surface area contributed by atoms with E-state index in [1.807, 2.05) is 43.3 Å². The van der Waals surface area contributed by atoms with E-state index in [9.17, 15) is 14.4 Å². The van der Waals surface area contributed by atoms with Crippen LogP contribution in [0.4, 0.5) is 5.69 Å². The Morgan fingerprint density at radius 3 is 1.98 bits per heavy atom. The topological polar surface area (TPSA) is 128 Å². The van der Waals surface area contributed by atoms with Crippen LogP contribution in [0.15, 0.2) is 102 Å². The molecule has 2 amide bonds. The Bertz CT molecular complexity index is 1730. The summed E-state index contributed by atoms with van der Waals surface area (Å²) in [6, 6.07) is 25.6. The molecule has 0 spiro atoms. The zero-order chi connectivity index (χ0) is 33.1. The van der Waals surface area contributed by atoms with E-state index in [2.05, 4.69) is 15.8 Å². The van der Waals surface area contributed by atoms with E-state index in [-0.39, 0.29) is 17.0 Å². The normalized spacial score (nSPS) is 11.0. The highest BCUT2D eigenvalue weighted by Gasteiger charge is 2.19. The Labute approximate surface area is 267 Å². The van der Waals surface area contributed by atoms with E-state index in [4.69, 9.17) is 18.9 Å². The van der Waals surface area contributed by atoms with Gasteiger partial charge in [0, 0.05) is 30.9 Å². The molecule has 0 bridgehead atoms. The van der Waals surface area contributed by atoms with Crippen LogP contribution in [0.2, 0.25) is 0 Å². The number of hydrogen-bond donors (Lipinski definition) is 2.